The molecule has 0 saturated carbocycles. The van der Waals surface area contributed by atoms with E-state index in [4.69, 9.17) is 0 Å². The summed E-state index contributed by atoms with van der Waals surface area (Å²) >= 11 is 1.92. The number of aryl methyl sites for hydroxylation is 2. The van der Waals surface area contributed by atoms with Crippen molar-refractivity contribution in [2.45, 2.75) is 46.5 Å². The molecule has 0 spiro atoms. The molecule has 0 N–H and O–H groups in total. The molecule has 46 heavy (non-hydrogen) atoms. The van der Waals surface area contributed by atoms with Gasteiger partial charge in [0, 0.05) is 32.0 Å². The number of imidazole rings is 1. The van der Waals surface area contributed by atoms with Crippen molar-refractivity contribution in [1.29, 1.82) is 0 Å². The summed E-state index contributed by atoms with van der Waals surface area (Å²) in [7, 11) is 2.26. The summed E-state index contributed by atoms with van der Waals surface area (Å²) < 4.78 is 7.78. The second-order valence-electron chi connectivity index (χ2n) is 13.3. The van der Waals surface area contributed by atoms with Gasteiger partial charge in [-0.1, -0.05) is 107 Å². The maximum atomic E-state index is 2.64. The van der Waals surface area contributed by atoms with Gasteiger partial charge in [-0.3, -0.25) is 0 Å². The number of rotatable bonds is 5. The Balaban J connectivity index is 1.60. The average molecular weight is 616 g/mol. The molecule has 2 aromatic heterocycles. The quantitative estimate of drug-likeness (QED) is 0.170. The van der Waals surface area contributed by atoms with E-state index in [0.717, 1.165) is 0 Å². The lowest BCUT2D eigenvalue weighted by atomic mass is 9.88. The molecule has 0 aliphatic heterocycles. The molecule has 2 heterocycles. The van der Waals surface area contributed by atoms with E-state index in [1.165, 1.54) is 86.9 Å². The second kappa shape index (κ2) is 11.0. The van der Waals surface area contributed by atoms with E-state index in [-0.39, 0.29) is 0 Å². The van der Waals surface area contributed by atoms with E-state index >= 15 is 0 Å². The Morgan fingerprint density at radius 1 is 0.630 bits per heavy atom. The molecule has 6 aromatic carbocycles. The Hall–Kier alpha value is -4.73. The van der Waals surface area contributed by atoms with Gasteiger partial charge in [-0.25, -0.2) is 4.57 Å². The topological polar surface area (TPSA) is 8.81 Å². The number of nitrogens with zero attached hydrogens (tertiary/aromatic N) is 2. The second-order valence-corrected chi connectivity index (χ2v) is 14.3. The molecular weight excluding hydrogens is 577 g/mol. The van der Waals surface area contributed by atoms with E-state index in [1.54, 1.807) is 0 Å². The van der Waals surface area contributed by atoms with Gasteiger partial charge in [0.1, 0.15) is 5.69 Å². The Morgan fingerprint density at radius 3 is 2.00 bits per heavy atom. The van der Waals surface area contributed by atoms with Crippen molar-refractivity contribution in [3.8, 4) is 28.2 Å². The minimum atomic E-state index is 0.322. The normalized spacial score (nSPS) is 12.1. The highest BCUT2D eigenvalue weighted by atomic mass is 32.1. The predicted molar refractivity (Wildman–Crippen MR) is 199 cm³/mol. The van der Waals surface area contributed by atoms with Crippen molar-refractivity contribution in [3.63, 3.8) is 0 Å². The van der Waals surface area contributed by atoms with Gasteiger partial charge >= 0.3 is 0 Å². The number of hydrogen-bond donors (Lipinski definition) is 0. The van der Waals surface area contributed by atoms with Crippen LogP contribution in [-0.2, 0) is 7.05 Å². The van der Waals surface area contributed by atoms with Gasteiger partial charge in [0.25, 0.3) is 5.82 Å². The van der Waals surface area contributed by atoms with Crippen molar-refractivity contribution < 1.29 is 4.57 Å². The van der Waals surface area contributed by atoms with E-state index in [0.29, 0.717) is 11.8 Å². The summed E-state index contributed by atoms with van der Waals surface area (Å²) in [5, 5.41) is 5.20. The lowest BCUT2D eigenvalue weighted by molar-refractivity contribution is -0.633. The SMILES string of the molecule is Cc1ccc2c(sc3ccccc32)c1-c1n(-c2c(C(C)C)cc(-c3ccccc3)cc2C(C)C)c2c3ccccc3ccc2[n+]1C. The van der Waals surface area contributed by atoms with Gasteiger partial charge in [-0.2, -0.15) is 4.57 Å². The maximum absolute atomic E-state index is 2.64. The Labute approximate surface area is 275 Å². The first-order valence-corrected chi connectivity index (χ1v) is 17.2. The molecule has 0 saturated heterocycles. The van der Waals surface area contributed by atoms with Crippen molar-refractivity contribution >= 4 is 53.3 Å². The number of fused-ring (bicyclic) bond motifs is 6. The Bertz CT molecular complexity index is 2410. The summed E-state index contributed by atoms with van der Waals surface area (Å²) in [6.45, 7) is 11.7. The van der Waals surface area contributed by atoms with Gasteiger partial charge in [-0.15, -0.1) is 11.3 Å². The molecule has 3 heteroatoms. The number of thiophene rings is 1. The lowest BCUT2D eigenvalue weighted by Gasteiger charge is -2.21. The molecule has 0 atom stereocenters. The monoisotopic (exact) mass is 615 g/mol. The van der Waals surface area contributed by atoms with E-state index in [2.05, 4.69) is 166 Å². The third kappa shape index (κ3) is 4.33. The van der Waals surface area contributed by atoms with Crippen LogP contribution in [-0.4, -0.2) is 4.57 Å². The molecular formula is C43H39N2S+. The Morgan fingerprint density at radius 2 is 1.28 bits per heavy atom. The predicted octanol–water partition coefficient (Wildman–Crippen LogP) is 11.9. The van der Waals surface area contributed by atoms with Gasteiger partial charge < -0.3 is 0 Å². The zero-order valence-corrected chi connectivity index (χ0v) is 28.2. The zero-order valence-electron chi connectivity index (χ0n) is 27.4. The van der Waals surface area contributed by atoms with Crippen molar-refractivity contribution in [3.05, 3.63) is 132 Å². The minimum Gasteiger partial charge on any atom is -0.225 e. The standard InChI is InChI=1S/C43H39N2S/c1-26(2)35-24-31(29-14-8-7-9-15-29)25-36(27(3)4)40(35)45-41-32-17-11-10-16-30(32)21-23-37(41)44(6)43(45)39-28(5)20-22-34-33-18-12-13-19-38(33)46-42(34)39/h7-27H,1-6H3/q+1. The van der Waals surface area contributed by atoms with Crippen LogP contribution in [0.1, 0.15) is 56.2 Å². The van der Waals surface area contributed by atoms with Crippen molar-refractivity contribution in [1.82, 2.24) is 4.57 Å². The average Bonchev–Trinajstić information content (AvgIpc) is 3.59. The summed E-state index contributed by atoms with van der Waals surface area (Å²) in [6.07, 6.45) is 0. The maximum Gasteiger partial charge on any atom is 0.296 e. The first-order chi connectivity index (χ1) is 22.3. The third-order valence-electron chi connectivity index (χ3n) is 9.72. The molecule has 0 fully saturated rings. The first-order valence-electron chi connectivity index (χ1n) is 16.4. The fourth-order valence-corrected chi connectivity index (χ4v) is 8.69. The largest absolute Gasteiger partial charge is 0.296 e. The number of aromatic nitrogens is 2. The van der Waals surface area contributed by atoms with E-state index in [1.807, 2.05) is 11.3 Å². The molecule has 0 aliphatic carbocycles. The van der Waals surface area contributed by atoms with Crippen LogP contribution in [0.5, 0.6) is 0 Å². The number of benzene rings is 6. The highest BCUT2D eigenvalue weighted by molar-refractivity contribution is 7.26. The lowest BCUT2D eigenvalue weighted by Crippen LogP contribution is -2.30. The fourth-order valence-electron chi connectivity index (χ4n) is 7.40. The highest BCUT2D eigenvalue weighted by Gasteiger charge is 2.34. The first kappa shape index (κ1) is 28.7. The third-order valence-corrected chi connectivity index (χ3v) is 10.9. The minimum absolute atomic E-state index is 0.322. The summed E-state index contributed by atoms with van der Waals surface area (Å²) in [4.78, 5) is 0. The molecule has 226 valence electrons. The molecule has 0 bridgehead atoms. The van der Waals surface area contributed by atoms with Gasteiger partial charge in [0.2, 0.25) is 0 Å². The van der Waals surface area contributed by atoms with Crippen LogP contribution in [0, 0.1) is 6.92 Å². The van der Waals surface area contributed by atoms with E-state index < -0.39 is 0 Å². The fraction of sp³-hybridized carbons (Fsp3) is 0.186. The molecule has 8 rings (SSSR count). The van der Waals surface area contributed by atoms with Gasteiger partial charge in [0.05, 0.1) is 17.3 Å². The summed E-state index contributed by atoms with van der Waals surface area (Å²) in [6, 6.07) is 42.7. The van der Waals surface area contributed by atoms with Gasteiger partial charge in [-0.05, 0) is 77.2 Å². The zero-order chi connectivity index (χ0) is 31.7. The van der Waals surface area contributed by atoms with Crippen LogP contribution in [0.2, 0.25) is 0 Å². The van der Waals surface area contributed by atoms with Crippen LogP contribution >= 0.6 is 11.3 Å². The molecule has 0 amide bonds. The van der Waals surface area contributed by atoms with Crippen molar-refractivity contribution in [2.24, 2.45) is 7.05 Å². The van der Waals surface area contributed by atoms with Gasteiger partial charge in [0.15, 0.2) is 11.0 Å². The summed E-state index contributed by atoms with van der Waals surface area (Å²) in [5.41, 5.74) is 11.7. The van der Waals surface area contributed by atoms with Crippen LogP contribution in [0.3, 0.4) is 0 Å². The highest BCUT2D eigenvalue weighted by Crippen LogP contribution is 2.45. The van der Waals surface area contributed by atoms with Crippen LogP contribution in [0.4, 0.5) is 0 Å². The van der Waals surface area contributed by atoms with Crippen LogP contribution < -0.4 is 4.57 Å². The molecule has 0 radical (unpaired) electrons. The van der Waals surface area contributed by atoms with Crippen LogP contribution in [0.15, 0.2) is 115 Å². The molecule has 0 unspecified atom stereocenters. The molecule has 0 aliphatic rings. The van der Waals surface area contributed by atoms with Crippen molar-refractivity contribution in [2.75, 3.05) is 0 Å². The number of hydrogen-bond acceptors (Lipinski definition) is 1. The Kier molecular flexibility index (Phi) is 6.84. The molecule has 2 nitrogen and oxygen atoms in total. The summed E-state index contributed by atoms with van der Waals surface area (Å²) in [5.74, 6) is 1.88. The smallest absolute Gasteiger partial charge is 0.225 e. The van der Waals surface area contributed by atoms with Crippen LogP contribution in [0.25, 0.3) is 70.2 Å². The van der Waals surface area contributed by atoms with E-state index in [9.17, 15) is 0 Å². The molecule has 8 aromatic rings.